The van der Waals surface area contributed by atoms with Gasteiger partial charge in [0, 0.05) is 6.54 Å². The summed E-state index contributed by atoms with van der Waals surface area (Å²) in [5.41, 5.74) is 7.42. The molecule has 20 heavy (non-hydrogen) atoms. The van der Waals surface area contributed by atoms with E-state index in [9.17, 15) is 4.79 Å². The van der Waals surface area contributed by atoms with Gasteiger partial charge in [0.05, 0.1) is 12.1 Å². The standard InChI is InChI=1S/C14H17N5O/c15-14(5-6-14)13(20)17-7-11-3-1-2-4-12(11)8-19-10-16-9-18-19/h1-4,9-10H,5-8,15H2,(H,17,20). The number of hydrogen-bond acceptors (Lipinski definition) is 4. The van der Waals surface area contributed by atoms with Crippen molar-refractivity contribution in [3.8, 4) is 0 Å². The van der Waals surface area contributed by atoms with E-state index >= 15 is 0 Å². The van der Waals surface area contributed by atoms with Gasteiger partial charge in [0.1, 0.15) is 12.7 Å². The van der Waals surface area contributed by atoms with E-state index in [-0.39, 0.29) is 5.91 Å². The molecule has 6 nitrogen and oxygen atoms in total. The topological polar surface area (TPSA) is 85.8 Å². The van der Waals surface area contributed by atoms with Crippen LogP contribution in [0.3, 0.4) is 0 Å². The Balaban J connectivity index is 1.68. The van der Waals surface area contributed by atoms with Crippen LogP contribution in [-0.4, -0.2) is 26.2 Å². The fraction of sp³-hybridized carbons (Fsp3) is 0.357. The number of nitrogens with two attached hydrogens (primary N) is 1. The molecule has 0 saturated heterocycles. The first-order valence-electron chi connectivity index (χ1n) is 6.64. The zero-order chi connectivity index (χ0) is 14.0. The molecule has 1 amide bonds. The van der Waals surface area contributed by atoms with Gasteiger partial charge >= 0.3 is 0 Å². The monoisotopic (exact) mass is 271 g/mol. The van der Waals surface area contributed by atoms with Gasteiger partial charge in [-0.2, -0.15) is 5.10 Å². The van der Waals surface area contributed by atoms with Crippen molar-refractivity contribution < 1.29 is 4.79 Å². The van der Waals surface area contributed by atoms with Crippen LogP contribution in [-0.2, 0) is 17.9 Å². The summed E-state index contributed by atoms with van der Waals surface area (Å²) in [6, 6.07) is 7.96. The van der Waals surface area contributed by atoms with E-state index in [2.05, 4.69) is 15.4 Å². The number of aromatic nitrogens is 3. The van der Waals surface area contributed by atoms with Crippen LogP contribution in [0.4, 0.5) is 0 Å². The van der Waals surface area contributed by atoms with Gasteiger partial charge in [0.25, 0.3) is 0 Å². The largest absolute Gasteiger partial charge is 0.350 e. The predicted octanol–water partition coefficient (Wildman–Crippen LogP) is 0.434. The third kappa shape index (κ3) is 2.70. The van der Waals surface area contributed by atoms with Crippen molar-refractivity contribution in [1.29, 1.82) is 0 Å². The van der Waals surface area contributed by atoms with Crippen molar-refractivity contribution in [3.63, 3.8) is 0 Å². The van der Waals surface area contributed by atoms with E-state index in [0.29, 0.717) is 13.1 Å². The molecular formula is C14H17N5O. The summed E-state index contributed by atoms with van der Waals surface area (Å²) < 4.78 is 1.76. The molecule has 0 aliphatic heterocycles. The lowest BCUT2D eigenvalue weighted by atomic mass is 10.1. The van der Waals surface area contributed by atoms with Gasteiger partial charge in [0.15, 0.2) is 0 Å². The Kier molecular flexibility index (Phi) is 3.23. The number of carbonyl (C=O) groups is 1. The molecule has 2 aromatic rings. The molecule has 1 aliphatic carbocycles. The van der Waals surface area contributed by atoms with Crippen LogP contribution in [0.25, 0.3) is 0 Å². The molecule has 1 heterocycles. The first-order chi connectivity index (χ1) is 9.67. The first-order valence-corrected chi connectivity index (χ1v) is 6.64. The Morgan fingerprint density at radius 2 is 2.10 bits per heavy atom. The molecule has 0 atom stereocenters. The zero-order valence-corrected chi connectivity index (χ0v) is 11.1. The number of hydrogen-bond donors (Lipinski definition) is 2. The maximum Gasteiger partial charge on any atom is 0.240 e. The Morgan fingerprint density at radius 1 is 1.35 bits per heavy atom. The number of carbonyl (C=O) groups excluding carboxylic acids is 1. The number of amides is 1. The predicted molar refractivity (Wildman–Crippen MR) is 73.6 cm³/mol. The van der Waals surface area contributed by atoms with Crippen LogP contribution < -0.4 is 11.1 Å². The summed E-state index contributed by atoms with van der Waals surface area (Å²) in [7, 11) is 0. The molecule has 1 aromatic heterocycles. The lowest BCUT2D eigenvalue weighted by molar-refractivity contribution is -0.123. The SMILES string of the molecule is NC1(C(=O)NCc2ccccc2Cn2cncn2)CC1. The van der Waals surface area contributed by atoms with E-state index in [0.717, 1.165) is 24.0 Å². The second kappa shape index (κ2) is 5.05. The molecular weight excluding hydrogens is 254 g/mol. The Labute approximate surface area is 117 Å². The molecule has 1 saturated carbocycles. The molecule has 3 N–H and O–H groups in total. The van der Waals surface area contributed by atoms with Crippen LogP contribution in [0.1, 0.15) is 24.0 Å². The van der Waals surface area contributed by atoms with Crippen molar-refractivity contribution in [2.45, 2.75) is 31.5 Å². The highest BCUT2D eigenvalue weighted by Gasteiger charge is 2.45. The molecule has 0 bridgehead atoms. The summed E-state index contributed by atoms with van der Waals surface area (Å²) in [5.74, 6) is -0.0620. The van der Waals surface area contributed by atoms with Crippen LogP contribution in [0, 0.1) is 0 Å². The van der Waals surface area contributed by atoms with Crippen LogP contribution in [0.2, 0.25) is 0 Å². The highest BCUT2D eigenvalue weighted by Crippen LogP contribution is 2.32. The van der Waals surface area contributed by atoms with E-state index in [1.807, 2.05) is 24.3 Å². The van der Waals surface area contributed by atoms with Crippen molar-refractivity contribution in [1.82, 2.24) is 20.1 Å². The van der Waals surface area contributed by atoms with Crippen LogP contribution >= 0.6 is 0 Å². The van der Waals surface area contributed by atoms with Gasteiger partial charge < -0.3 is 11.1 Å². The van der Waals surface area contributed by atoms with Crippen molar-refractivity contribution >= 4 is 5.91 Å². The van der Waals surface area contributed by atoms with Crippen molar-refractivity contribution in [2.24, 2.45) is 5.73 Å². The second-order valence-electron chi connectivity index (χ2n) is 5.20. The molecule has 3 rings (SSSR count). The van der Waals surface area contributed by atoms with Crippen molar-refractivity contribution in [2.75, 3.05) is 0 Å². The smallest absolute Gasteiger partial charge is 0.240 e. The zero-order valence-electron chi connectivity index (χ0n) is 11.1. The molecule has 1 aliphatic rings. The molecule has 104 valence electrons. The average Bonchev–Trinajstić information content (AvgIpc) is 3.00. The second-order valence-corrected chi connectivity index (χ2v) is 5.20. The lowest BCUT2D eigenvalue weighted by Gasteiger charge is -2.13. The summed E-state index contributed by atoms with van der Waals surface area (Å²) in [4.78, 5) is 15.8. The fourth-order valence-electron chi connectivity index (χ4n) is 2.09. The lowest BCUT2D eigenvalue weighted by Crippen LogP contribution is -2.42. The quantitative estimate of drug-likeness (QED) is 0.826. The van der Waals surface area contributed by atoms with Crippen molar-refractivity contribution in [3.05, 3.63) is 48.0 Å². The molecule has 1 fully saturated rings. The van der Waals surface area contributed by atoms with Gasteiger partial charge in [0.2, 0.25) is 5.91 Å². The fourth-order valence-corrected chi connectivity index (χ4v) is 2.09. The summed E-state index contributed by atoms with van der Waals surface area (Å²) in [6.07, 6.45) is 4.74. The van der Waals surface area contributed by atoms with Crippen LogP contribution in [0.5, 0.6) is 0 Å². The molecule has 0 unspecified atom stereocenters. The Bertz CT molecular complexity index is 604. The van der Waals surface area contributed by atoms with E-state index in [1.165, 1.54) is 6.33 Å². The maximum atomic E-state index is 11.9. The minimum atomic E-state index is -0.624. The Hall–Kier alpha value is -2.21. The van der Waals surface area contributed by atoms with E-state index in [4.69, 9.17) is 5.73 Å². The highest BCUT2D eigenvalue weighted by molar-refractivity contribution is 5.88. The highest BCUT2D eigenvalue weighted by atomic mass is 16.2. The number of benzene rings is 1. The average molecular weight is 271 g/mol. The van der Waals surface area contributed by atoms with Gasteiger partial charge in [-0.05, 0) is 24.0 Å². The number of nitrogens with one attached hydrogen (secondary N) is 1. The first kappa shape index (κ1) is 12.8. The van der Waals surface area contributed by atoms with Crippen LogP contribution in [0.15, 0.2) is 36.9 Å². The molecule has 0 radical (unpaired) electrons. The van der Waals surface area contributed by atoms with Gasteiger partial charge in [-0.1, -0.05) is 24.3 Å². The van der Waals surface area contributed by atoms with Gasteiger partial charge in [-0.3, -0.25) is 4.79 Å². The molecule has 6 heteroatoms. The summed E-state index contributed by atoms with van der Waals surface area (Å²) >= 11 is 0. The van der Waals surface area contributed by atoms with E-state index < -0.39 is 5.54 Å². The summed E-state index contributed by atoms with van der Waals surface area (Å²) in [5, 5.41) is 7.01. The number of nitrogens with zero attached hydrogens (tertiary/aromatic N) is 3. The molecule has 1 aromatic carbocycles. The minimum absolute atomic E-state index is 0.0620. The summed E-state index contributed by atoms with van der Waals surface area (Å²) in [6.45, 7) is 1.13. The third-order valence-electron chi connectivity index (χ3n) is 3.60. The minimum Gasteiger partial charge on any atom is -0.350 e. The number of rotatable bonds is 5. The normalized spacial score (nSPS) is 15.8. The van der Waals surface area contributed by atoms with Gasteiger partial charge in [-0.15, -0.1) is 0 Å². The Morgan fingerprint density at radius 3 is 2.75 bits per heavy atom. The third-order valence-corrected chi connectivity index (χ3v) is 3.60. The van der Waals surface area contributed by atoms with Gasteiger partial charge in [-0.25, -0.2) is 9.67 Å². The molecule has 0 spiro atoms. The van der Waals surface area contributed by atoms with E-state index in [1.54, 1.807) is 11.0 Å². The maximum absolute atomic E-state index is 11.9.